The van der Waals surface area contributed by atoms with E-state index in [1.807, 2.05) is 48.2 Å². The Bertz CT molecular complexity index is 831. The third-order valence-corrected chi connectivity index (χ3v) is 5.10. The molecule has 28 heavy (non-hydrogen) atoms. The van der Waals surface area contributed by atoms with Gasteiger partial charge in [0.25, 0.3) is 0 Å². The van der Waals surface area contributed by atoms with E-state index in [1.54, 1.807) is 0 Å². The minimum Gasteiger partial charge on any atom is -0.492 e. The summed E-state index contributed by atoms with van der Waals surface area (Å²) in [4.78, 5) is 17.0. The first-order valence-corrected chi connectivity index (χ1v) is 9.87. The zero-order valence-corrected chi connectivity index (χ0v) is 16.2. The number of fused-ring (bicyclic) bond motifs is 1. The van der Waals surface area contributed by atoms with Gasteiger partial charge in [-0.2, -0.15) is 0 Å². The van der Waals surface area contributed by atoms with Crippen LogP contribution in [0.3, 0.4) is 0 Å². The number of nitrogens with zero attached hydrogens (tertiary/aromatic N) is 2. The first-order chi connectivity index (χ1) is 13.7. The van der Waals surface area contributed by atoms with E-state index in [0.717, 1.165) is 41.6 Å². The molecule has 1 amide bonds. The predicted octanol–water partition coefficient (Wildman–Crippen LogP) is 2.75. The summed E-state index contributed by atoms with van der Waals surface area (Å²) in [7, 11) is 0. The Morgan fingerprint density at radius 2 is 1.75 bits per heavy atom. The maximum Gasteiger partial charge on any atom is 0.227 e. The molecule has 0 spiro atoms. The van der Waals surface area contributed by atoms with Gasteiger partial charge < -0.3 is 24.0 Å². The van der Waals surface area contributed by atoms with Crippen molar-refractivity contribution < 1.29 is 19.0 Å². The van der Waals surface area contributed by atoms with Gasteiger partial charge in [-0.25, -0.2) is 0 Å². The largest absolute Gasteiger partial charge is 0.492 e. The molecule has 4 rings (SSSR count). The SMILES string of the molecule is CCOc1ccccc1N1CCN(C(=O)Cc2ccc3c(c2)OCCO3)CC1. The summed E-state index contributed by atoms with van der Waals surface area (Å²) in [5, 5.41) is 0. The summed E-state index contributed by atoms with van der Waals surface area (Å²) < 4.78 is 16.9. The van der Waals surface area contributed by atoms with Gasteiger partial charge in [-0.15, -0.1) is 0 Å². The molecule has 0 aliphatic carbocycles. The minimum absolute atomic E-state index is 0.148. The second-order valence-electron chi connectivity index (χ2n) is 6.92. The topological polar surface area (TPSA) is 51.2 Å². The fourth-order valence-corrected chi connectivity index (χ4v) is 3.68. The number of para-hydroxylation sites is 2. The summed E-state index contributed by atoms with van der Waals surface area (Å²) in [6.07, 6.45) is 0.381. The van der Waals surface area contributed by atoms with E-state index in [4.69, 9.17) is 14.2 Å². The molecule has 0 atom stereocenters. The molecule has 0 bridgehead atoms. The Labute approximate surface area is 165 Å². The van der Waals surface area contributed by atoms with Crippen molar-refractivity contribution in [3.05, 3.63) is 48.0 Å². The molecule has 2 aromatic rings. The second-order valence-corrected chi connectivity index (χ2v) is 6.92. The van der Waals surface area contributed by atoms with Crippen molar-refractivity contribution in [2.45, 2.75) is 13.3 Å². The van der Waals surface area contributed by atoms with Crippen molar-refractivity contribution in [1.29, 1.82) is 0 Å². The Hall–Kier alpha value is -2.89. The van der Waals surface area contributed by atoms with Crippen LogP contribution in [0.1, 0.15) is 12.5 Å². The number of piperazine rings is 1. The van der Waals surface area contributed by atoms with E-state index >= 15 is 0 Å². The maximum absolute atomic E-state index is 12.8. The number of amides is 1. The summed E-state index contributed by atoms with van der Waals surface area (Å²) in [6, 6.07) is 13.8. The number of ether oxygens (including phenoxy) is 3. The monoisotopic (exact) mass is 382 g/mol. The number of hydrogen-bond acceptors (Lipinski definition) is 5. The first kappa shape index (κ1) is 18.5. The Morgan fingerprint density at radius 1 is 1.00 bits per heavy atom. The van der Waals surface area contributed by atoms with E-state index < -0.39 is 0 Å². The van der Waals surface area contributed by atoms with Crippen LogP contribution in [0.2, 0.25) is 0 Å². The van der Waals surface area contributed by atoms with Crippen LogP contribution in [-0.4, -0.2) is 56.8 Å². The lowest BCUT2D eigenvalue weighted by Crippen LogP contribution is -2.49. The Kier molecular flexibility index (Phi) is 5.55. The quantitative estimate of drug-likeness (QED) is 0.796. The molecule has 6 nitrogen and oxygen atoms in total. The first-order valence-electron chi connectivity index (χ1n) is 9.87. The van der Waals surface area contributed by atoms with E-state index in [0.29, 0.717) is 39.3 Å². The molecular weight excluding hydrogens is 356 g/mol. The molecule has 0 aromatic heterocycles. The summed E-state index contributed by atoms with van der Waals surface area (Å²) >= 11 is 0. The molecule has 2 aliphatic heterocycles. The lowest BCUT2D eigenvalue weighted by Gasteiger charge is -2.36. The van der Waals surface area contributed by atoms with Crippen LogP contribution in [0, 0.1) is 0 Å². The fraction of sp³-hybridized carbons (Fsp3) is 0.409. The van der Waals surface area contributed by atoms with E-state index in [-0.39, 0.29) is 5.91 Å². The third-order valence-electron chi connectivity index (χ3n) is 5.10. The molecule has 0 saturated carbocycles. The third kappa shape index (κ3) is 4.01. The van der Waals surface area contributed by atoms with Crippen LogP contribution in [0.4, 0.5) is 5.69 Å². The molecule has 1 saturated heterocycles. The van der Waals surface area contributed by atoms with Gasteiger partial charge in [-0.3, -0.25) is 4.79 Å². The highest BCUT2D eigenvalue weighted by Gasteiger charge is 2.23. The molecule has 148 valence electrons. The summed E-state index contributed by atoms with van der Waals surface area (Å²) in [5.74, 6) is 2.54. The van der Waals surface area contributed by atoms with E-state index in [2.05, 4.69) is 11.0 Å². The number of benzene rings is 2. The summed E-state index contributed by atoms with van der Waals surface area (Å²) in [6.45, 7) is 6.79. The van der Waals surface area contributed by atoms with E-state index in [9.17, 15) is 4.79 Å². The highest BCUT2D eigenvalue weighted by Crippen LogP contribution is 2.31. The van der Waals surface area contributed by atoms with Crippen LogP contribution >= 0.6 is 0 Å². The number of anilines is 1. The number of hydrogen-bond donors (Lipinski definition) is 0. The molecule has 0 N–H and O–H groups in total. The standard InChI is InChI=1S/C22H26N2O4/c1-2-26-19-6-4-3-5-18(19)23-9-11-24(12-10-23)22(25)16-17-7-8-20-21(15-17)28-14-13-27-20/h3-8,15H,2,9-14,16H2,1H3. The van der Waals surface area contributed by atoms with Crippen molar-refractivity contribution >= 4 is 11.6 Å². The van der Waals surface area contributed by atoms with Gasteiger partial charge in [0, 0.05) is 26.2 Å². The zero-order chi connectivity index (χ0) is 19.3. The number of carbonyl (C=O) groups is 1. The summed E-state index contributed by atoms with van der Waals surface area (Å²) in [5.41, 5.74) is 2.06. The lowest BCUT2D eigenvalue weighted by molar-refractivity contribution is -0.130. The Balaban J connectivity index is 1.35. The van der Waals surface area contributed by atoms with Crippen LogP contribution in [-0.2, 0) is 11.2 Å². The molecule has 1 fully saturated rings. The van der Waals surface area contributed by atoms with E-state index in [1.165, 1.54) is 0 Å². The van der Waals surface area contributed by atoms with Gasteiger partial charge in [0.05, 0.1) is 18.7 Å². The van der Waals surface area contributed by atoms with Crippen molar-refractivity contribution in [1.82, 2.24) is 4.90 Å². The Morgan fingerprint density at radius 3 is 2.54 bits per heavy atom. The highest BCUT2D eigenvalue weighted by molar-refractivity contribution is 5.79. The van der Waals surface area contributed by atoms with Gasteiger partial charge in [0.1, 0.15) is 19.0 Å². The molecule has 6 heteroatoms. The molecular formula is C22H26N2O4. The zero-order valence-electron chi connectivity index (χ0n) is 16.2. The molecule has 0 radical (unpaired) electrons. The van der Waals surface area contributed by atoms with Gasteiger partial charge in [0.2, 0.25) is 5.91 Å². The van der Waals surface area contributed by atoms with Crippen LogP contribution in [0.15, 0.2) is 42.5 Å². The maximum atomic E-state index is 12.8. The number of carbonyl (C=O) groups excluding carboxylic acids is 1. The lowest BCUT2D eigenvalue weighted by atomic mass is 10.1. The van der Waals surface area contributed by atoms with Gasteiger partial charge in [-0.1, -0.05) is 18.2 Å². The minimum atomic E-state index is 0.148. The van der Waals surface area contributed by atoms with Crippen molar-refractivity contribution in [3.63, 3.8) is 0 Å². The molecule has 2 aromatic carbocycles. The average molecular weight is 382 g/mol. The van der Waals surface area contributed by atoms with Gasteiger partial charge >= 0.3 is 0 Å². The second kappa shape index (κ2) is 8.42. The van der Waals surface area contributed by atoms with Crippen molar-refractivity contribution in [2.75, 3.05) is 50.9 Å². The average Bonchev–Trinajstić information content (AvgIpc) is 2.74. The normalized spacial score (nSPS) is 16.0. The number of rotatable bonds is 5. The van der Waals surface area contributed by atoms with Gasteiger partial charge in [0.15, 0.2) is 11.5 Å². The molecule has 2 aliphatic rings. The smallest absolute Gasteiger partial charge is 0.227 e. The van der Waals surface area contributed by atoms with Crippen LogP contribution < -0.4 is 19.1 Å². The van der Waals surface area contributed by atoms with Crippen LogP contribution in [0.25, 0.3) is 0 Å². The van der Waals surface area contributed by atoms with Crippen molar-refractivity contribution in [3.8, 4) is 17.2 Å². The highest BCUT2D eigenvalue weighted by atomic mass is 16.6. The molecule has 2 heterocycles. The van der Waals surface area contributed by atoms with Gasteiger partial charge in [-0.05, 0) is 36.8 Å². The predicted molar refractivity (Wildman–Crippen MR) is 108 cm³/mol. The molecule has 0 unspecified atom stereocenters. The van der Waals surface area contributed by atoms with Crippen LogP contribution in [0.5, 0.6) is 17.2 Å². The van der Waals surface area contributed by atoms with Crippen molar-refractivity contribution in [2.24, 2.45) is 0 Å². The fourth-order valence-electron chi connectivity index (χ4n) is 3.68.